The summed E-state index contributed by atoms with van der Waals surface area (Å²) < 4.78 is 34.3. The molecule has 122 valence electrons. The molecule has 0 spiro atoms. The Bertz CT molecular complexity index is 600. The van der Waals surface area contributed by atoms with Gasteiger partial charge in [-0.2, -0.15) is 8.42 Å². The van der Waals surface area contributed by atoms with Crippen molar-refractivity contribution in [1.82, 2.24) is 0 Å². The first-order valence-electron chi connectivity index (χ1n) is 7.06. The summed E-state index contributed by atoms with van der Waals surface area (Å²) in [6.45, 7) is 4.95. The molecular formula is C16H22O5S. The van der Waals surface area contributed by atoms with Crippen LogP contribution in [0.1, 0.15) is 25.8 Å². The van der Waals surface area contributed by atoms with Gasteiger partial charge in [0.2, 0.25) is 0 Å². The van der Waals surface area contributed by atoms with Crippen LogP contribution in [-0.4, -0.2) is 38.4 Å². The molecule has 0 aliphatic heterocycles. The number of ether oxygens (including phenoxy) is 1. The smallest absolute Gasteiger partial charge is 0.297 e. The lowest BCUT2D eigenvalue weighted by atomic mass is 10.2. The highest BCUT2D eigenvalue weighted by atomic mass is 32.2. The number of hydrogen-bond acceptors (Lipinski definition) is 5. The van der Waals surface area contributed by atoms with E-state index in [1.54, 1.807) is 19.1 Å². The molecular weight excluding hydrogens is 304 g/mol. The Balaban J connectivity index is 2.61. The summed E-state index contributed by atoms with van der Waals surface area (Å²) in [5.41, 5.74) is 0.945. The SMILES string of the molecule is C#CC(CC)O[C@H](C)[C@@H](O)COS(=O)(=O)c1ccc(C)cc1. The summed E-state index contributed by atoms with van der Waals surface area (Å²) in [6.07, 6.45) is 3.74. The molecule has 1 N–H and O–H groups in total. The van der Waals surface area contributed by atoms with Crippen molar-refractivity contribution in [1.29, 1.82) is 0 Å². The van der Waals surface area contributed by atoms with Crippen molar-refractivity contribution < 1.29 is 22.4 Å². The number of aliphatic hydroxyl groups is 1. The van der Waals surface area contributed by atoms with Gasteiger partial charge in [0.1, 0.15) is 12.2 Å². The molecule has 6 heteroatoms. The molecule has 0 aliphatic carbocycles. The Morgan fingerprint density at radius 1 is 1.32 bits per heavy atom. The lowest BCUT2D eigenvalue weighted by molar-refractivity contribution is -0.0620. The fraction of sp³-hybridized carbons (Fsp3) is 0.500. The van der Waals surface area contributed by atoms with Crippen molar-refractivity contribution in [3.05, 3.63) is 29.8 Å². The van der Waals surface area contributed by atoms with Crippen molar-refractivity contribution in [2.45, 2.75) is 50.4 Å². The largest absolute Gasteiger partial charge is 0.388 e. The zero-order valence-corrected chi connectivity index (χ0v) is 13.8. The van der Waals surface area contributed by atoms with Gasteiger partial charge in [0.15, 0.2) is 0 Å². The van der Waals surface area contributed by atoms with Crippen LogP contribution in [0.2, 0.25) is 0 Å². The Morgan fingerprint density at radius 2 is 1.91 bits per heavy atom. The van der Waals surface area contributed by atoms with Gasteiger partial charge in [0.05, 0.1) is 17.6 Å². The van der Waals surface area contributed by atoms with Crippen LogP contribution < -0.4 is 0 Å². The summed E-state index contributed by atoms with van der Waals surface area (Å²) in [7, 11) is -3.90. The topological polar surface area (TPSA) is 72.8 Å². The molecule has 1 aromatic carbocycles. The molecule has 1 unspecified atom stereocenters. The van der Waals surface area contributed by atoms with E-state index in [1.165, 1.54) is 12.1 Å². The van der Waals surface area contributed by atoms with Crippen LogP contribution >= 0.6 is 0 Å². The van der Waals surface area contributed by atoms with Crippen LogP contribution in [0.3, 0.4) is 0 Å². The fourth-order valence-corrected chi connectivity index (χ4v) is 2.60. The molecule has 3 atom stereocenters. The minimum absolute atomic E-state index is 0.0499. The standard InChI is InChI=1S/C16H22O5S/c1-5-14(6-2)21-13(4)16(17)11-20-22(18,19)15-9-7-12(3)8-10-15/h1,7-10,13-14,16-17H,6,11H2,2-4H3/t13-,14?,16+/m1/s1. The molecule has 0 aliphatic rings. The van der Waals surface area contributed by atoms with Crippen LogP contribution in [0.4, 0.5) is 0 Å². The van der Waals surface area contributed by atoms with Gasteiger partial charge in [-0.25, -0.2) is 0 Å². The van der Waals surface area contributed by atoms with Gasteiger partial charge in [-0.15, -0.1) is 6.42 Å². The quantitative estimate of drug-likeness (QED) is 0.583. The summed E-state index contributed by atoms with van der Waals surface area (Å²) in [5.74, 6) is 2.45. The van der Waals surface area contributed by atoms with Crippen molar-refractivity contribution in [2.24, 2.45) is 0 Å². The molecule has 1 aromatic rings. The Morgan fingerprint density at radius 3 is 2.41 bits per heavy atom. The number of terminal acetylenes is 1. The van der Waals surface area contributed by atoms with Gasteiger partial charge in [-0.05, 0) is 32.4 Å². The highest BCUT2D eigenvalue weighted by Gasteiger charge is 2.22. The second kappa shape index (κ2) is 8.30. The summed E-state index contributed by atoms with van der Waals surface area (Å²) in [6, 6.07) is 6.28. The van der Waals surface area contributed by atoms with Crippen LogP contribution in [-0.2, 0) is 19.0 Å². The molecule has 0 aromatic heterocycles. The van der Waals surface area contributed by atoms with E-state index >= 15 is 0 Å². The third kappa shape index (κ3) is 5.43. The van der Waals surface area contributed by atoms with E-state index in [0.717, 1.165) is 5.56 Å². The molecule has 0 heterocycles. The van der Waals surface area contributed by atoms with E-state index in [1.807, 2.05) is 13.8 Å². The zero-order chi connectivity index (χ0) is 16.8. The van der Waals surface area contributed by atoms with Gasteiger partial charge in [0, 0.05) is 0 Å². The first-order valence-corrected chi connectivity index (χ1v) is 8.46. The molecule has 0 radical (unpaired) electrons. The number of benzene rings is 1. The second-order valence-electron chi connectivity index (χ2n) is 5.02. The summed E-state index contributed by atoms with van der Waals surface area (Å²) in [5, 5.41) is 9.93. The van der Waals surface area contributed by atoms with Crippen LogP contribution in [0.25, 0.3) is 0 Å². The molecule has 5 nitrogen and oxygen atoms in total. The van der Waals surface area contributed by atoms with E-state index in [-0.39, 0.29) is 4.90 Å². The maximum Gasteiger partial charge on any atom is 0.297 e. The van der Waals surface area contributed by atoms with E-state index in [2.05, 4.69) is 5.92 Å². The number of rotatable bonds is 8. The van der Waals surface area contributed by atoms with Gasteiger partial charge in [0.25, 0.3) is 10.1 Å². The molecule has 0 bridgehead atoms. The monoisotopic (exact) mass is 326 g/mol. The minimum atomic E-state index is -3.90. The number of aryl methyl sites for hydroxylation is 1. The van der Waals surface area contributed by atoms with Gasteiger partial charge in [-0.1, -0.05) is 30.5 Å². The number of aliphatic hydroxyl groups excluding tert-OH is 1. The van der Waals surface area contributed by atoms with E-state index in [9.17, 15) is 13.5 Å². The van der Waals surface area contributed by atoms with Gasteiger partial charge >= 0.3 is 0 Å². The maximum atomic E-state index is 12.0. The third-order valence-electron chi connectivity index (χ3n) is 3.18. The summed E-state index contributed by atoms with van der Waals surface area (Å²) >= 11 is 0. The van der Waals surface area contributed by atoms with Gasteiger partial charge in [-0.3, -0.25) is 4.18 Å². The van der Waals surface area contributed by atoms with E-state index in [4.69, 9.17) is 15.3 Å². The normalized spacial score (nSPS) is 15.8. The van der Waals surface area contributed by atoms with Crippen molar-refractivity contribution >= 4 is 10.1 Å². The number of hydrogen-bond donors (Lipinski definition) is 1. The van der Waals surface area contributed by atoms with E-state index < -0.39 is 35.0 Å². The predicted octanol–water partition coefficient (Wildman–Crippen LogP) is 1.88. The molecule has 0 fully saturated rings. The average molecular weight is 326 g/mol. The summed E-state index contributed by atoms with van der Waals surface area (Å²) in [4.78, 5) is 0.0499. The van der Waals surface area contributed by atoms with Crippen LogP contribution in [0, 0.1) is 19.3 Å². The second-order valence-corrected chi connectivity index (χ2v) is 6.64. The Labute approximate surface area is 132 Å². The molecule has 1 rings (SSSR count). The van der Waals surface area contributed by atoms with Crippen LogP contribution in [0.5, 0.6) is 0 Å². The molecule has 22 heavy (non-hydrogen) atoms. The maximum absolute atomic E-state index is 12.0. The van der Waals surface area contributed by atoms with Crippen molar-refractivity contribution in [2.75, 3.05) is 6.61 Å². The highest BCUT2D eigenvalue weighted by molar-refractivity contribution is 7.86. The first-order chi connectivity index (χ1) is 10.3. The zero-order valence-electron chi connectivity index (χ0n) is 13.0. The molecule has 0 saturated carbocycles. The Hall–Kier alpha value is -1.39. The lowest BCUT2D eigenvalue weighted by Gasteiger charge is -2.22. The fourth-order valence-electron chi connectivity index (χ4n) is 1.67. The average Bonchev–Trinajstić information content (AvgIpc) is 2.50. The molecule has 0 saturated heterocycles. The minimum Gasteiger partial charge on any atom is -0.388 e. The van der Waals surface area contributed by atoms with Gasteiger partial charge < -0.3 is 9.84 Å². The van der Waals surface area contributed by atoms with Crippen LogP contribution in [0.15, 0.2) is 29.2 Å². The lowest BCUT2D eigenvalue weighted by Crippen LogP contribution is -2.34. The highest BCUT2D eigenvalue weighted by Crippen LogP contribution is 2.14. The van der Waals surface area contributed by atoms with Crippen molar-refractivity contribution in [3.8, 4) is 12.3 Å². The van der Waals surface area contributed by atoms with Crippen molar-refractivity contribution in [3.63, 3.8) is 0 Å². The first kappa shape index (κ1) is 18.7. The predicted molar refractivity (Wildman–Crippen MR) is 83.8 cm³/mol. The molecule has 0 amide bonds. The third-order valence-corrected chi connectivity index (χ3v) is 4.48. The Kier molecular flexibility index (Phi) is 7.04. The van der Waals surface area contributed by atoms with E-state index in [0.29, 0.717) is 6.42 Å².